The summed E-state index contributed by atoms with van der Waals surface area (Å²) in [6, 6.07) is 13.3. The first kappa shape index (κ1) is 22.9. The maximum absolute atomic E-state index is 13.7. The molecular formula is C22H21F3N4O3. The van der Waals surface area contributed by atoms with E-state index in [9.17, 15) is 22.8 Å². The molecule has 7 nitrogen and oxygen atoms in total. The molecule has 168 valence electrons. The van der Waals surface area contributed by atoms with E-state index < -0.39 is 35.9 Å². The molecular weight excluding hydrogens is 425 g/mol. The Morgan fingerprint density at radius 1 is 1.06 bits per heavy atom. The number of hydrogen-bond acceptors (Lipinski definition) is 4. The van der Waals surface area contributed by atoms with Crippen LogP contribution < -0.4 is 15.6 Å². The first-order chi connectivity index (χ1) is 15.2. The molecule has 3 rings (SSSR count). The number of carbonyl (C=O) groups excluding carboxylic acids is 2. The second kappa shape index (κ2) is 9.54. The zero-order valence-electron chi connectivity index (χ0n) is 17.4. The van der Waals surface area contributed by atoms with Crippen LogP contribution in [0.15, 0.2) is 54.7 Å². The Balaban J connectivity index is 1.69. The molecule has 0 atom stereocenters. The predicted octanol–water partition coefficient (Wildman–Crippen LogP) is 3.60. The molecule has 3 aromatic rings. The van der Waals surface area contributed by atoms with Gasteiger partial charge < -0.3 is 4.74 Å². The number of hydrogen-bond donors (Lipinski definition) is 2. The number of amides is 2. The zero-order valence-corrected chi connectivity index (χ0v) is 17.4. The van der Waals surface area contributed by atoms with Crippen molar-refractivity contribution < 1.29 is 27.5 Å². The van der Waals surface area contributed by atoms with Gasteiger partial charge in [0.25, 0.3) is 11.8 Å². The van der Waals surface area contributed by atoms with Crippen LogP contribution in [0.4, 0.5) is 13.2 Å². The molecule has 1 heterocycles. The fraction of sp³-hybridized carbons (Fsp3) is 0.227. The van der Waals surface area contributed by atoms with Gasteiger partial charge in [0.15, 0.2) is 12.3 Å². The van der Waals surface area contributed by atoms with Crippen LogP contribution in [0, 0.1) is 6.92 Å². The van der Waals surface area contributed by atoms with Crippen LogP contribution in [0.3, 0.4) is 0 Å². The maximum Gasteiger partial charge on any atom is 0.434 e. The molecule has 0 radical (unpaired) electrons. The summed E-state index contributed by atoms with van der Waals surface area (Å²) in [6.45, 7) is 3.30. The molecule has 0 bridgehead atoms. The number of para-hydroxylation sites is 1. The number of ether oxygens (including phenoxy) is 1. The highest BCUT2D eigenvalue weighted by Gasteiger charge is 2.40. The summed E-state index contributed by atoms with van der Waals surface area (Å²) in [5.41, 5.74) is 3.96. The fourth-order valence-corrected chi connectivity index (χ4v) is 2.98. The van der Waals surface area contributed by atoms with Crippen LogP contribution in [-0.2, 0) is 17.4 Å². The lowest BCUT2D eigenvalue weighted by molar-refractivity contribution is -0.143. The lowest BCUT2D eigenvalue weighted by Gasteiger charge is -2.14. The molecule has 1 aromatic heterocycles. The Morgan fingerprint density at radius 2 is 1.75 bits per heavy atom. The topological polar surface area (TPSA) is 85.2 Å². The Hall–Kier alpha value is -3.82. The van der Waals surface area contributed by atoms with Crippen molar-refractivity contribution in [3.05, 3.63) is 77.1 Å². The Labute approximate surface area is 182 Å². The number of halogens is 3. The van der Waals surface area contributed by atoms with E-state index in [0.29, 0.717) is 16.9 Å². The van der Waals surface area contributed by atoms with E-state index >= 15 is 0 Å². The molecule has 0 aliphatic rings. The predicted molar refractivity (Wildman–Crippen MR) is 110 cm³/mol. The summed E-state index contributed by atoms with van der Waals surface area (Å²) in [6.07, 6.45) is -3.36. The minimum atomic E-state index is -4.86. The molecule has 0 aliphatic carbocycles. The van der Waals surface area contributed by atoms with E-state index in [1.165, 1.54) is 12.1 Å². The number of aromatic nitrogens is 2. The van der Waals surface area contributed by atoms with Crippen LogP contribution in [-0.4, -0.2) is 28.2 Å². The van der Waals surface area contributed by atoms with Crippen molar-refractivity contribution in [2.75, 3.05) is 6.61 Å². The van der Waals surface area contributed by atoms with Crippen LogP contribution >= 0.6 is 0 Å². The molecule has 2 N–H and O–H groups in total. The van der Waals surface area contributed by atoms with E-state index in [0.717, 1.165) is 17.3 Å². The summed E-state index contributed by atoms with van der Waals surface area (Å²) in [4.78, 5) is 24.4. The average molecular weight is 446 g/mol. The summed E-state index contributed by atoms with van der Waals surface area (Å²) in [7, 11) is 0. The summed E-state index contributed by atoms with van der Waals surface area (Å²) >= 11 is 0. The molecule has 10 heteroatoms. The van der Waals surface area contributed by atoms with Crippen molar-refractivity contribution in [2.24, 2.45) is 0 Å². The number of rotatable bonds is 6. The van der Waals surface area contributed by atoms with Crippen molar-refractivity contribution in [3.8, 4) is 11.4 Å². The van der Waals surface area contributed by atoms with E-state index in [-0.39, 0.29) is 5.69 Å². The third-order valence-electron chi connectivity index (χ3n) is 4.59. The Morgan fingerprint density at radius 3 is 2.41 bits per heavy atom. The highest BCUT2D eigenvalue weighted by molar-refractivity contribution is 5.96. The molecule has 0 aliphatic heterocycles. The van der Waals surface area contributed by atoms with E-state index in [2.05, 4.69) is 10.5 Å². The van der Waals surface area contributed by atoms with Gasteiger partial charge in [0, 0.05) is 0 Å². The van der Waals surface area contributed by atoms with Gasteiger partial charge in [-0.25, -0.2) is 4.68 Å². The number of benzene rings is 2. The normalized spacial score (nSPS) is 11.2. The van der Waals surface area contributed by atoms with Crippen LogP contribution in [0.2, 0.25) is 0 Å². The largest absolute Gasteiger partial charge is 0.483 e. The van der Waals surface area contributed by atoms with Gasteiger partial charge in [0.1, 0.15) is 5.75 Å². The minimum Gasteiger partial charge on any atom is -0.483 e. The van der Waals surface area contributed by atoms with Crippen molar-refractivity contribution in [1.29, 1.82) is 0 Å². The quantitative estimate of drug-likeness (QED) is 0.567. The number of nitrogens with zero attached hydrogens (tertiary/aromatic N) is 2. The van der Waals surface area contributed by atoms with Crippen molar-refractivity contribution >= 4 is 11.8 Å². The lowest BCUT2D eigenvalue weighted by Crippen LogP contribution is -2.44. The van der Waals surface area contributed by atoms with Gasteiger partial charge in [-0.1, -0.05) is 42.8 Å². The number of carbonyl (C=O) groups is 2. The van der Waals surface area contributed by atoms with Crippen molar-refractivity contribution in [3.63, 3.8) is 0 Å². The van der Waals surface area contributed by atoms with Crippen LogP contribution in [0.1, 0.15) is 34.1 Å². The van der Waals surface area contributed by atoms with Crippen LogP contribution in [0.5, 0.6) is 5.75 Å². The van der Waals surface area contributed by atoms with Gasteiger partial charge in [0.2, 0.25) is 0 Å². The molecule has 0 unspecified atom stereocenters. The van der Waals surface area contributed by atoms with Gasteiger partial charge in [-0.15, -0.1) is 0 Å². The highest BCUT2D eigenvalue weighted by atomic mass is 19.4. The number of nitrogens with one attached hydrogen (secondary N) is 2. The molecule has 0 saturated carbocycles. The Bertz CT molecular complexity index is 1110. The minimum absolute atomic E-state index is 0.147. The molecule has 0 spiro atoms. The molecule has 0 fully saturated rings. The zero-order chi connectivity index (χ0) is 23.3. The van der Waals surface area contributed by atoms with E-state index in [4.69, 9.17) is 4.74 Å². The SMILES string of the molecule is CCc1ccccc1OCC(=O)NNC(=O)c1cnn(-c2ccc(C)cc2)c1C(F)(F)F. The Kier molecular flexibility index (Phi) is 6.82. The van der Waals surface area contributed by atoms with Crippen LogP contribution in [0.25, 0.3) is 5.69 Å². The first-order valence-electron chi connectivity index (χ1n) is 9.73. The van der Waals surface area contributed by atoms with Gasteiger partial charge in [-0.05, 0) is 37.1 Å². The fourth-order valence-electron chi connectivity index (χ4n) is 2.98. The van der Waals surface area contributed by atoms with Crippen molar-refractivity contribution in [1.82, 2.24) is 20.6 Å². The standard InChI is InChI=1S/C22H21F3N4O3/c1-3-15-6-4-5-7-18(15)32-13-19(30)27-28-21(31)17-12-26-29(20(17)22(23,24)25)16-10-8-14(2)9-11-16/h4-12H,3,13H2,1-2H3,(H,27,30)(H,28,31). The summed E-state index contributed by atoms with van der Waals surface area (Å²) in [5.74, 6) is -1.38. The third-order valence-corrected chi connectivity index (χ3v) is 4.59. The maximum atomic E-state index is 13.7. The molecule has 0 saturated heterocycles. The monoisotopic (exact) mass is 446 g/mol. The van der Waals surface area contributed by atoms with Crippen molar-refractivity contribution in [2.45, 2.75) is 26.4 Å². The molecule has 32 heavy (non-hydrogen) atoms. The van der Waals surface area contributed by atoms with Gasteiger partial charge in [0.05, 0.1) is 17.4 Å². The smallest absolute Gasteiger partial charge is 0.434 e. The second-order valence-corrected chi connectivity index (χ2v) is 6.90. The summed E-state index contributed by atoms with van der Waals surface area (Å²) in [5, 5.41) is 3.72. The summed E-state index contributed by atoms with van der Waals surface area (Å²) < 4.78 is 47.2. The van der Waals surface area contributed by atoms with Gasteiger partial charge in [-0.3, -0.25) is 20.4 Å². The van der Waals surface area contributed by atoms with Gasteiger partial charge >= 0.3 is 6.18 Å². The number of alkyl halides is 3. The second-order valence-electron chi connectivity index (χ2n) is 6.90. The van der Waals surface area contributed by atoms with E-state index in [1.54, 1.807) is 31.2 Å². The van der Waals surface area contributed by atoms with Gasteiger partial charge in [-0.2, -0.15) is 18.3 Å². The highest BCUT2D eigenvalue weighted by Crippen LogP contribution is 2.33. The average Bonchev–Trinajstić information content (AvgIpc) is 3.22. The van der Waals surface area contributed by atoms with E-state index in [1.807, 2.05) is 24.5 Å². The number of hydrazine groups is 1. The first-order valence-corrected chi connectivity index (χ1v) is 9.73. The molecule has 2 aromatic carbocycles. The number of aryl methyl sites for hydroxylation is 2. The third kappa shape index (κ3) is 5.26. The molecule has 2 amide bonds. The lowest BCUT2D eigenvalue weighted by atomic mass is 10.1.